The minimum atomic E-state index is -0.0831. The van der Waals surface area contributed by atoms with Crippen LogP contribution in [0.2, 0.25) is 0 Å². The Labute approximate surface area is 160 Å². The maximum atomic E-state index is 12.3. The van der Waals surface area contributed by atoms with Gasteiger partial charge < -0.3 is 10.2 Å². The standard InChI is InChI=1S/C20H28N6O/c1-4-17(27)16-9-6-10-26(16)20-21-14-8-5-7-13(14)19(23-20)22-18-11-15(12(2)3)24-25-18/h11-12,16H,4-10H2,1-3H3,(H2,21,22,23,24,25). The van der Waals surface area contributed by atoms with Crippen molar-refractivity contribution >= 4 is 23.4 Å². The minimum absolute atomic E-state index is 0.0831. The Morgan fingerprint density at radius 3 is 2.93 bits per heavy atom. The molecule has 1 atom stereocenters. The molecule has 0 amide bonds. The summed E-state index contributed by atoms with van der Waals surface area (Å²) in [5.74, 6) is 2.97. The molecule has 2 aromatic rings. The summed E-state index contributed by atoms with van der Waals surface area (Å²) in [5, 5.41) is 10.9. The first-order valence-electron chi connectivity index (χ1n) is 10.1. The first-order chi connectivity index (χ1) is 13.1. The van der Waals surface area contributed by atoms with E-state index in [1.807, 2.05) is 13.0 Å². The molecule has 0 spiro atoms. The van der Waals surface area contributed by atoms with Gasteiger partial charge >= 0.3 is 0 Å². The van der Waals surface area contributed by atoms with Crippen LogP contribution in [0.25, 0.3) is 0 Å². The smallest absolute Gasteiger partial charge is 0.228 e. The molecule has 1 aliphatic carbocycles. The fraction of sp³-hybridized carbons (Fsp3) is 0.600. The van der Waals surface area contributed by atoms with Crippen molar-refractivity contribution < 1.29 is 4.79 Å². The number of aromatic amines is 1. The number of aryl methyl sites for hydroxylation is 1. The molecule has 0 bridgehead atoms. The van der Waals surface area contributed by atoms with E-state index in [-0.39, 0.29) is 11.8 Å². The van der Waals surface area contributed by atoms with Gasteiger partial charge in [-0.2, -0.15) is 10.1 Å². The monoisotopic (exact) mass is 368 g/mol. The molecule has 2 N–H and O–H groups in total. The summed E-state index contributed by atoms with van der Waals surface area (Å²) in [6.45, 7) is 7.04. The second-order valence-corrected chi connectivity index (χ2v) is 7.81. The van der Waals surface area contributed by atoms with Crippen molar-refractivity contribution in [3.63, 3.8) is 0 Å². The second kappa shape index (κ2) is 7.29. The largest absolute Gasteiger partial charge is 0.331 e. The molecule has 0 aromatic carbocycles. The van der Waals surface area contributed by atoms with E-state index in [4.69, 9.17) is 9.97 Å². The Kier molecular flexibility index (Phi) is 4.85. The van der Waals surface area contributed by atoms with E-state index in [0.717, 1.165) is 61.7 Å². The number of hydrogen-bond donors (Lipinski definition) is 2. The van der Waals surface area contributed by atoms with Gasteiger partial charge in [0, 0.05) is 30.3 Å². The lowest BCUT2D eigenvalue weighted by molar-refractivity contribution is -0.119. The lowest BCUT2D eigenvalue weighted by Gasteiger charge is -2.24. The average molecular weight is 368 g/mol. The van der Waals surface area contributed by atoms with E-state index < -0.39 is 0 Å². The van der Waals surface area contributed by atoms with E-state index in [1.54, 1.807) is 0 Å². The van der Waals surface area contributed by atoms with Gasteiger partial charge in [-0.1, -0.05) is 20.8 Å². The molecule has 1 aliphatic heterocycles. The van der Waals surface area contributed by atoms with Crippen molar-refractivity contribution in [1.29, 1.82) is 0 Å². The zero-order chi connectivity index (χ0) is 19.0. The molecular weight excluding hydrogens is 340 g/mol. The van der Waals surface area contributed by atoms with Crippen molar-refractivity contribution in [2.45, 2.75) is 71.3 Å². The fourth-order valence-corrected chi connectivity index (χ4v) is 4.05. The third kappa shape index (κ3) is 3.42. The van der Waals surface area contributed by atoms with Gasteiger partial charge in [-0.15, -0.1) is 0 Å². The summed E-state index contributed by atoms with van der Waals surface area (Å²) < 4.78 is 0. The summed E-state index contributed by atoms with van der Waals surface area (Å²) in [4.78, 5) is 24.1. The molecule has 3 heterocycles. The first kappa shape index (κ1) is 17.9. The Morgan fingerprint density at radius 2 is 2.19 bits per heavy atom. The number of rotatable bonds is 6. The van der Waals surface area contributed by atoms with Crippen molar-refractivity contribution in [2.75, 3.05) is 16.8 Å². The molecule has 1 saturated heterocycles. The van der Waals surface area contributed by atoms with Gasteiger partial charge in [0.2, 0.25) is 5.95 Å². The quantitative estimate of drug-likeness (QED) is 0.811. The summed E-state index contributed by atoms with van der Waals surface area (Å²) in [5.41, 5.74) is 3.39. The molecule has 7 heteroatoms. The van der Waals surface area contributed by atoms with Gasteiger partial charge in [-0.3, -0.25) is 9.89 Å². The highest BCUT2D eigenvalue weighted by atomic mass is 16.1. The topological polar surface area (TPSA) is 86.8 Å². The van der Waals surface area contributed by atoms with Crippen LogP contribution < -0.4 is 10.2 Å². The maximum Gasteiger partial charge on any atom is 0.228 e. The number of nitrogens with zero attached hydrogens (tertiary/aromatic N) is 4. The molecule has 27 heavy (non-hydrogen) atoms. The van der Waals surface area contributed by atoms with E-state index >= 15 is 0 Å². The molecule has 2 aromatic heterocycles. The van der Waals surface area contributed by atoms with Gasteiger partial charge in [-0.25, -0.2) is 4.98 Å². The van der Waals surface area contributed by atoms with Crippen LogP contribution in [-0.2, 0) is 17.6 Å². The van der Waals surface area contributed by atoms with Gasteiger partial charge in [0.15, 0.2) is 11.6 Å². The molecule has 144 valence electrons. The number of anilines is 3. The Morgan fingerprint density at radius 1 is 1.33 bits per heavy atom. The Balaban J connectivity index is 1.66. The zero-order valence-electron chi connectivity index (χ0n) is 16.4. The van der Waals surface area contributed by atoms with Crippen molar-refractivity contribution in [3.05, 3.63) is 23.0 Å². The second-order valence-electron chi connectivity index (χ2n) is 7.81. The van der Waals surface area contributed by atoms with Crippen LogP contribution in [0.15, 0.2) is 6.07 Å². The summed E-state index contributed by atoms with van der Waals surface area (Å²) in [6.07, 6.45) is 5.51. The van der Waals surface area contributed by atoms with Gasteiger partial charge in [0.25, 0.3) is 0 Å². The predicted molar refractivity (Wildman–Crippen MR) is 106 cm³/mol. The van der Waals surface area contributed by atoms with E-state index in [0.29, 0.717) is 18.3 Å². The van der Waals surface area contributed by atoms with Crippen LogP contribution in [0.5, 0.6) is 0 Å². The highest BCUT2D eigenvalue weighted by molar-refractivity contribution is 5.87. The van der Waals surface area contributed by atoms with Gasteiger partial charge in [0.05, 0.1) is 11.7 Å². The fourth-order valence-electron chi connectivity index (χ4n) is 4.05. The number of aromatic nitrogens is 4. The highest BCUT2D eigenvalue weighted by Gasteiger charge is 2.33. The summed E-state index contributed by atoms with van der Waals surface area (Å²) >= 11 is 0. The molecule has 0 saturated carbocycles. The molecule has 1 unspecified atom stereocenters. The van der Waals surface area contributed by atoms with E-state index in [1.165, 1.54) is 5.56 Å². The zero-order valence-corrected chi connectivity index (χ0v) is 16.4. The van der Waals surface area contributed by atoms with Crippen LogP contribution in [-0.4, -0.2) is 38.5 Å². The lowest BCUT2D eigenvalue weighted by atomic mass is 10.1. The predicted octanol–water partition coefficient (Wildman–Crippen LogP) is 3.50. The van der Waals surface area contributed by atoms with Crippen molar-refractivity contribution in [2.24, 2.45) is 0 Å². The number of ketones is 1. The van der Waals surface area contributed by atoms with Crippen LogP contribution in [0.4, 0.5) is 17.6 Å². The Bertz CT molecular complexity index is 843. The number of Topliss-reactive ketones (excluding diaryl/α,β-unsaturated/α-hetero) is 1. The molecule has 2 aliphatic rings. The first-order valence-corrected chi connectivity index (χ1v) is 10.1. The van der Waals surface area contributed by atoms with Gasteiger partial charge in [-0.05, 0) is 38.0 Å². The van der Waals surface area contributed by atoms with Gasteiger partial charge in [0.1, 0.15) is 5.82 Å². The van der Waals surface area contributed by atoms with Crippen LogP contribution >= 0.6 is 0 Å². The summed E-state index contributed by atoms with van der Waals surface area (Å²) in [7, 11) is 0. The highest BCUT2D eigenvalue weighted by Crippen LogP contribution is 2.33. The number of nitrogens with one attached hydrogen (secondary N) is 2. The Hall–Kier alpha value is -2.44. The molecular formula is C20H28N6O. The number of hydrogen-bond acceptors (Lipinski definition) is 6. The minimum Gasteiger partial charge on any atom is -0.331 e. The molecule has 4 rings (SSSR count). The van der Waals surface area contributed by atoms with E-state index in [9.17, 15) is 4.79 Å². The van der Waals surface area contributed by atoms with Crippen molar-refractivity contribution in [1.82, 2.24) is 20.2 Å². The summed E-state index contributed by atoms with van der Waals surface area (Å²) in [6, 6.07) is 1.95. The third-order valence-electron chi connectivity index (χ3n) is 5.62. The third-order valence-corrected chi connectivity index (χ3v) is 5.62. The van der Waals surface area contributed by atoms with Crippen LogP contribution in [0, 0.1) is 0 Å². The normalized spacial score (nSPS) is 19.0. The SMILES string of the molecule is CCC(=O)C1CCCN1c1nc2c(c(Nc3cc(C(C)C)[nH]n3)n1)CCC2. The average Bonchev–Trinajstić information content (AvgIpc) is 3.40. The van der Waals surface area contributed by atoms with E-state index in [2.05, 4.69) is 34.3 Å². The molecule has 0 radical (unpaired) electrons. The van der Waals surface area contributed by atoms with Crippen molar-refractivity contribution in [3.8, 4) is 0 Å². The molecule has 1 fully saturated rings. The number of carbonyl (C=O) groups excluding carboxylic acids is 1. The lowest BCUT2D eigenvalue weighted by Crippen LogP contribution is -2.37. The van der Waals surface area contributed by atoms with Crippen LogP contribution in [0.1, 0.15) is 69.3 Å². The maximum absolute atomic E-state index is 12.3. The number of fused-ring (bicyclic) bond motifs is 1. The number of carbonyl (C=O) groups is 1. The van der Waals surface area contributed by atoms with Crippen LogP contribution in [0.3, 0.4) is 0 Å². The number of H-pyrrole nitrogens is 1. The molecule has 7 nitrogen and oxygen atoms in total.